The van der Waals surface area contributed by atoms with Crippen molar-refractivity contribution >= 4 is 0 Å². The molecule has 0 radical (unpaired) electrons. The molecule has 0 amide bonds. The van der Waals surface area contributed by atoms with E-state index in [0.717, 1.165) is 25.7 Å². The molecule has 122 valence electrons. The Morgan fingerprint density at radius 2 is 2.19 bits per heavy atom. The Labute approximate surface area is 126 Å². The fraction of sp³-hybridized carbons (Fsp3) is 0.875. The molecule has 0 aromatic heterocycles. The van der Waals surface area contributed by atoms with Crippen LogP contribution in [0.4, 0.5) is 0 Å². The quantitative estimate of drug-likeness (QED) is 0.378. The molecule has 5 nitrogen and oxygen atoms in total. The lowest BCUT2D eigenvalue weighted by Gasteiger charge is -2.23. The first-order valence-corrected chi connectivity index (χ1v) is 7.99. The standard InChI is InChI=1S/C16H28O5/c1-3-4-5-6-11(17)7-8-12-13-10-16(19,20-2)21-15(13)9-14(12)18/h7-8,11-15,17-19H,3-6,9-10H2,1-2H3/b8-7+/t11-,12-,13-,14-,15+,16-/m1/s1. The SMILES string of the molecule is CCCCC[C@@H](O)/C=C/[C@@H]1[C@H]2C[C@@](O)(OC)O[C@H]2C[C@H]1O. The molecule has 2 aliphatic rings. The van der Waals surface area contributed by atoms with E-state index in [4.69, 9.17) is 9.47 Å². The van der Waals surface area contributed by atoms with Crippen molar-refractivity contribution in [3.05, 3.63) is 12.2 Å². The first kappa shape index (κ1) is 16.9. The number of hydrogen-bond donors (Lipinski definition) is 3. The average Bonchev–Trinajstić information content (AvgIpc) is 2.90. The van der Waals surface area contributed by atoms with Crippen LogP contribution in [-0.4, -0.2) is 46.7 Å². The molecule has 0 aromatic rings. The minimum atomic E-state index is -1.53. The molecule has 21 heavy (non-hydrogen) atoms. The summed E-state index contributed by atoms with van der Waals surface area (Å²) >= 11 is 0. The van der Waals surface area contributed by atoms with E-state index in [1.807, 2.05) is 6.08 Å². The van der Waals surface area contributed by atoms with Gasteiger partial charge in [-0.1, -0.05) is 38.3 Å². The Balaban J connectivity index is 1.90. The molecule has 0 aromatic carbocycles. The Morgan fingerprint density at radius 1 is 1.43 bits per heavy atom. The molecule has 6 atom stereocenters. The summed E-state index contributed by atoms with van der Waals surface area (Å²) in [7, 11) is 1.42. The van der Waals surface area contributed by atoms with Crippen LogP contribution in [0.15, 0.2) is 12.2 Å². The summed E-state index contributed by atoms with van der Waals surface area (Å²) in [5, 5.41) is 30.1. The van der Waals surface area contributed by atoms with Gasteiger partial charge >= 0.3 is 0 Å². The number of methoxy groups -OCH3 is 1. The number of aliphatic hydroxyl groups excluding tert-OH is 2. The van der Waals surface area contributed by atoms with Crippen molar-refractivity contribution in [1.82, 2.24) is 0 Å². The van der Waals surface area contributed by atoms with Crippen LogP contribution in [0.1, 0.15) is 45.4 Å². The van der Waals surface area contributed by atoms with Crippen molar-refractivity contribution in [1.29, 1.82) is 0 Å². The van der Waals surface area contributed by atoms with E-state index in [0.29, 0.717) is 12.8 Å². The van der Waals surface area contributed by atoms with E-state index < -0.39 is 18.2 Å². The largest absolute Gasteiger partial charge is 0.392 e. The molecule has 0 unspecified atom stereocenters. The highest BCUT2D eigenvalue weighted by atomic mass is 16.8. The monoisotopic (exact) mass is 300 g/mol. The topological polar surface area (TPSA) is 79.2 Å². The van der Waals surface area contributed by atoms with E-state index in [-0.39, 0.29) is 17.9 Å². The van der Waals surface area contributed by atoms with Crippen LogP contribution in [0.5, 0.6) is 0 Å². The fourth-order valence-electron chi connectivity index (χ4n) is 3.45. The molecule has 2 rings (SSSR count). The number of hydrogen-bond acceptors (Lipinski definition) is 5. The van der Waals surface area contributed by atoms with E-state index in [1.54, 1.807) is 6.08 Å². The van der Waals surface area contributed by atoms with Crippen LogP contribution in [0.3, 0.4) is 0 Å². The van der Waals surface area contributed by atoms with Gasteiger partial charge in [-0.05, 0) is 6.42 Å². The van der Waals surface area contributed by atoms with E-state index in [9.17, 15) is 15.3 Å². The predicted molar refractivity (Wildman–Crippen MR) is 78.3 cm³/mol. The van der Waals surface area contributed by atoms with E-state index in [2.05, 4.69) is 6.92 Å². The molecule has 1 aliphatic heterocycles. The minimum Gasteiger partial charge on any atom is -0.392 e. The van der Waals surface area contributed by atoms with Crippen LogP contribution >= 0.6 is 0 Å². The maximum Gasteiger partial charge on any atom is 0.280 e. The second-order valence-corrected chi connectivity index (χ2v) is 6.27. The van der Waals surface area contributed by atoms with E-state index in [1.165, 1.54) is 7.11 Å². The first-order valence-electron chi connectivity index (χ1n) is 7.99. The fourth-order valence-corrected chi connectivity index (χ4v) is 3.45. The van der Waals surface area contributed by atoms with Gasteiger partial charge in [-0.2, -0.15) is 0 Å². The Kier molecular flexibility index (Phi) is 5.80. The van der Waals surface area contributed by atoms with E-state index >= 15 is 0 Å². The van der Waals surface area contributed by atoms with Gasteiger partial charge in [0.05, 0.1) is 18.3 Å². The number of aliphatic hydroxyl groups is 3. The van der Waals surface area contributed by atoms with Crippen molar-refractivity contribution in [3.8, 4) is 0 Å². The van der Waals surface area contributed by atoms with Crippen molar-refractivity contribution in [2.75, 3.05) is 7.11 Å². The maximum absolute atomic E-state index is 10.1. The molecule has 2 fully saturated rings. The molecule has 3 N–H and O–H groups in total. The Morgan fingerprint density at radius 3 is 2.86 bits per heavy atom. The number of ether oxygens (including phenoxy) is 2. The molecule has 1 saturated heterocycles. The third-order valence-electron chi connectivity index (χ3n) is 4.70. The Bertz CT molecular complexity index is 359. The van der Waals surface area contributed by atoms with Crippen LogP contribution in [0.25, 0.3) is 0 Å². The first-order chi connectivity index (χ1) is 9.99. The van der Waals surface area contributed by atoms with Gasteiger partial charge in [-0.25, -0.2) is 0 Å². The van der Waals surface area contributed by atoms with Gasteiger partial charge in [0.1, 0.15) is 0 Å². The molecular formula is C16H28O5. The third-order valence-corrected chi connectivity index (χ3v) is 4.70. The molecule has 1 saturated carbocycles. The summed E-state index contributed by atoms with van der Waals surface area (Å²) in [5.41, 5.74) is 0. The van der Waals surface area contributed by atoms with Crippen molar-refractivity contribution in [3.63, 3.8) is 0 Å². The second kappa shape index (κ2) is 7.20. The van der Waals surface area contributed by atoms with Crippen molar-refractivity contribution < 1.29 is 24.8 Å². The van der Waals surface area contributed by atoms with Crippen molar-refractivity contribution in [2.24, 2.45) is 11.8 Å². The highest BCUT2D eigenvalue weighted by Crippen LogP contribution is 2.47. The molecule has 0 bridgehead atoms. The summed E-state index contributed by atoms with van der Waals surface area (Å²) in [5.74, 6) is -1.59. The number of rotatable bonds is 7. The molecule has 5 heteroatoms. The van der Waals surface area contributed by atoms with Crippen LogP contribution in [0.2, 0.25) is 0 Å². The highest BCUT2D eigenvalue weighted by Gasteiger charge is 2.54. The highest BCUT2D eigenvalue weighted by molar-refractivity contribution is 5.07. The zero-order valence-electron chi connectivity index (χ0n) is 12.9. The van der Waals surface area contributed by atoms with Gasteiger partial charge in [-0.3, -0.25) is 0 Å². The van der Waals surface area contributed by atoms with Gasteiger partial charge in [0, 0.05) is 31.8 Å². The maximum atomic E-state index is 10.1. The zero-order valence-corrected chi connectivity index (χ0v) is 12.9. The lowest BCUT2D eigenvalue weighted by Crippen LogP contribution is -2.32. The third kappa shape index (κ3) is 4.05. The summed E-state index contributed by atoms with van der Waals surface area (Å²) in [6, 6.07) is 0. The van der Waals surface area contributed by atoms with Crippen molar-refractivity contribution in [2.45, 2.75) is 69.7 Å². The Hall–Kier alpha value is -0.460. The molecule has 0 spiro atoms. The summed E-state index contributed by atoms with van der Waals surface area (Å²) in [4.78, 5) is 0. The van der Waals surface area contributed by atoms with Gasteiger partial charge in [-0.15, -0.1) is 0 Å². The van der Waals surface area contributed by atoms with Gasteiger partial charge in [0.15, 0.2) is 0 Å². The molecule has 1 aliphatic carbocycles. The van der Waals surface area contributed by atoms with Crippen LogP contribution in [-0.2, 0) is 9.47 Å². The molecule has 1 heterocycles. The van der Waals surface area contributed by atoms with Gasteiger partial charge in [0.2, 0.25) is 0 Å². The number of unbranched alkanes of at least 4 members (excludes halogenated alkanes) is 2. The second-order valence-electron chi connectivity index (χ2n) is 6.27. The summed E-state index contributed by atoms with van der Waals surface area (Å²) in [6.45, 7) is 2.13. The zero-order chi connectivity index (χ0) is 15.5. The predicted octanol–water partition coefficient (Wildman–Crippen LogP) is 1.56. The lowest BCUT2D eigenvalue weighted by atomic mass is 9.90. The normalized spacial score (nSPS) is 40.8. The smallest absolute Gasteiger partial charge is 0.280 e. The average molecular weight is 300 g/mol. The van der Waals surface area contributed by atoms with Crippen LogP contribution in [0, 0.1) is 11.8 Å². The minimum absolute atomic E-state index is 0.0315. The summed E-state index contributed by atoms with van der Waals surface area (Å²) < 4.78 is 10.5. The molecular weight excluding hydrogens is 272 g/mol. The lowest BCUT2D eigenvalue weighted by molar-refractivity contribution is -0.340. The number of fused-ring (bicyclic) bond motifs is 1. The summed E-state index contributed by atoms with van der Waals surface area (Å²) in [6.07, 6.45) is 7.39. The van der Waals surface area contributed by atoms with Crippen LogP contribution < -0.4 is 0 Å². The van der Waals surface area contributed by atoms with Gasteiger partial charge in [0.25, 0.3) is 5.97 Å². The van der Waals surface area contributed by atoms with Gasteiger partial charge < -0.3 is 24.8 Å².